The summed E-state index contributed by atoms with van der Waals surface area (Å²) in [5.41, 5.74) is 3.40. The van der Waals surface area contributed by atoms with E-state index >= 15 is 0 Å². The summed E-state index contributed by atoms with van der Waals surface area (Å²) in [7, 11) is 0. The largest absolute Gasteiger partial charge is 0.481 e. The number of benzene rings is 2. The van der Waals surface area contributed by atoms with Crippen LogP contribution >= 0.6 is 11.3 Å². The van der Waals surface area contributed by atoms with Gasteiger partial charge in [0.25, 0.3) is 0 Å². The van der Waals surface area contributed by atoms with Crippen molar-refractivity contribution in [2.75, 3.05) is 0 Å². The number of carboxylic acid groups (broad SMARTS) is 1. The topological polar surface area (TPSA) is 46.5 Å². The first-order valence-corrected chi connectivity index (χ1v) is 9.01. The zero-order valence-corrected chi connectivity index (χ0v) is 15.0. The molecule has 0 saturated heterocycles. The predicted octanol–water partition coefficient (Wildman–Crippen LogP) is 5.57. The lowest BCUT2D eigenvalue weighted by molar-refractivity contribution is -0.138. The average Bonchev–Trinajstić information content (AvgIpc) is 3.11. The minimum absolute atomic E-state index is 0.472. The Morgan fingerprint density at radius 2 is 1.76 bits per heavy atom. The summed E-state index contributed by atoms with van der Waals surface area (Å²) in [6, 6.07) is 17.4. The number of hydrogen-bond donors (Lipinski definition) is 1. The van der Waals surface area contributed by atoms with Gasteiger partial charge < -0.3 is 9.84 Å². The first-order valence-electron chi connectivity index (χ1n) is 8.13. The molecule has 3 aromatic rings. The van der Waals surface area contributed by atoms with Crippen LogP contribution in [0.15, 0.2) is 60.0 Å². The Kier molecular flexibility index (Phi) is 5.19. The molecule has 0 amide bonds. The normalized spacial score (nSPS) is 11.9. The second-order valence-corrected chi connectivity index (χ2v) is 7.08. The third kappa shape index (κ3) is 4.28. The smallest absolute Gasteiger partial charge is 0.312 e. The Balaban J connectivity index is 1.71. The molecule has 1 unspecified atom stereocenters. The summed E-state index contributed by atoms with van der Waals surface area (Å²) < 4.78 is 5.88. The second-order valence-electron chi connectivity index (χ2n) is 6.10. The molecule has 128 valence electrons. The highest BCUT2D eigenvalue weighted by Crippen LogP contribution is 2.28. The molecule has 1 heterocycles. The highest BCUT2D eigenvalue weighted by Gasteiger charge is 2.21. The zero-order chi connectivity index (χ0) is 17.8. The standard InChI is InChI=1S/C21H20O3S/c1-14-5-8-18(12-15(14)2)24-17-9-6-16(7-10-17)13-19(21(22)23)20-4-3-11-25-20/h3-12,19H,13H2,1-2H3,(H,22,23). The number of carbonyl (C=O) groups is 1. The van der Waals surface area contributed by atoms with E-state index in [0.29, 0.717) is 6.42 Å². The van der Waals surface area contributed by atoms with Gasteiger partial charge >= 0.3 is 5.97 Å². The van der Waals surface area contributed by atoms with Gasteiger partial charge in [-0.2, -0.15) is 0 Å². The van der Waals surface area contributed by atoms with Crippen molar-refractivity contribution in [2.24, 2.45) is 0 Å². The fraction of sp³-hybridized carbons (Fsp3) is 0.190. The molecule has 2 aromatic carbocycles. The molecule has 0 aliphatic carbocycles. The second kappa shape index (κ2) is 7.53. The Morgan fingerprint density at radius 1 is 1.04 bits per heavy atom. The maximum absolute atomic E-state index is 11.6. The van der Waals surface area contributed by atoms with Crippen molar-refractivity contribution in [2.45, 2.75) is 26.2 Å². The third-order valence-corrected chi connectivity index (χ3v) is 5.25. The van der Waals surface area contributed by atoms with Crippen LogP contribution in [0, 0.1) is 13.8 Å². The van der Waals surface area contributed by atoms with Crippen LogP contribution in [-0.2, 0) is 11.2 Å². The van der Waals surface area contributed by atoms with Crippen molar-refractivity contribution >= 4 is 17.3 Å². The van der Waals surface area contributed by atoms with Crippen molar-refractivity contribution in [3.05, 3.63) is 81.5 Å². The summed E-state index contributed by atoms with van der Waals surface area (Å²) in [5.74, 6) is 0.247. The lowest BCUT2D eigenvalue weighted by Gasteiger charge is -2.12. The van der Waals surface area contributed by atoms with Gasteiger partial charge in [-0.1, -0.05) is 24.3 Å². The van der Waals surface area contributed by atoms with Crippen molar-refractivity contribution in [3.63, 3.8) is 0 Å². The van der Waals surface area contributed by atoms with E-state index in [1.807, 2.05) is 60.0 Å². The summed E-state index contributed by atoms with van der Waals surface area (Å²) in [6.07, 6.45) is 0.472. The van der Waals surface area contributed by atoms with E-state index in [0.717, 1.165) is 21.9 Å². The number of carboxylic acids is 1. The quantitative estimate of drug-likeness (QED) is 0.631. The first kappa shape index (κ1) is 17.2. The fourth-order valence-electron chi connectivity index (χ4n) is 2.64. The molecule has 0 saturated carbocycles. The maximum Gasteiger partial charge on any atom is 0.312 e. The lowest BCUT2D eigenvalue weighted by atomic mass is 9.98. The number of ether oxygens (including phenoxy) is 1. The molecule has 25 heavy (non-hydrogen) atoms. The molecule has 0 radical (unpaired) electrons. The van der Waals surface area contributed by atoms with Gasteiger partial charge in [0.1, 0.15) is 11.5 Å². The van der Waals surface area contributed by atoms with Crippen LogP contribution in [-0.4, -0.2) is 11.1 Å². The number of rotatable bonds is 6. The Hall–Kier alpha value is -2.59. The molecule has 3 nitrogen and oxygen atoms in total. The molecule has 1 N–H and O–H groups in total. The molecule has 0 bridgehead atoms. The van der Waals surface area contributed by atoms with Gasteiger partial charge in [-0.15, -0.1) is 11.3 Å². The summed E-state index contributed by atoms with van der Waals surface area (Å²) >= 11 is 1.48. The van der Waals surface area contributed by atoms with Crippen LogP contribution in [0.25, 0.3) is 0 Å². The van der Waals surface area contributed by atoms with Crippen molar-refractivity contribution in [1.29, 1.82) is 0 Å². The van der Waals surface area contributed by atoms with Gasteiger partial charge in [-0.05, 0) is 72.7 Å². The maximum atomic E-state index is 11.6. The zero-order valence-electron chi connectivity index (χ0n) is 14.2. The van der Waals surface area contributed by atoms with Gasteiger partial charge in [-0.25, -0.2) is 0 Å². The van der Waals surface area contributed by atoms with Crippen LogP contribution in [0.5, 0.6) is 11.5 Å². The molecule has 0 aliphatic heterocycles. The van der Waals surface area contributed by atoms with Gasteiger partial charge in [0, 0.05) is 4.88 Å². The fourth-order valence-corrected chi connectivity index (χ4v) is 3.46. The first-order chi connectivity index (χ1) is 12.0. The Labute approximate surface area is 151 Å². The van der Waals surface area contributed by atoms with Crippen LogP contribution in [0.4, 0.5) is 0 Å². The predicted molar refractivity (Wildman–Crippen MR) is 101 cm³/mol. The molecular weight excluding hydrogens is 332 g/mol. The van der Waals surface area contributed by atoms with Gasteiger partial charge in [-0.3, -0.25) is 4.79 Å². The minimum Gasteiger partial charge on any atom is -0.481 e. The Morgan fingerprint density at radius 3 is 2.36 bits per heavy atom. The van der Waals surface area contributed by atoms with E-state index in [1.54, 1.807) is 0 Å². The molecule has 0 aliphatic rings. The van der Waals surface area contributed by atoms with E-state index in [-0.39, 0.29) is 0 Å². The summed E-state index contributed by atoms with van der Waals surface area (Å²) in [6.45, 7) is 4.13. The highest BCUT2D eigenvalue weighted by molar-refractivity contribution is 7.10. The van der Waals surface area contributed by atoms with Crippen LogP contribution in [0.2, 0.25) is 0 Å². The van der Waals surface area contributed by atoms with E-state index < -0.39 is 11.9 Å². The van der Waals surface area contributed by atoms with Crippen molar-refractivity contribution < 1.29 is 14.6 Å². The van der Waals surface area contributed by atoms with Crippen LogP contribution < -0.4 is 4.74 Å². The molecule has 1 aromatic heterocycles. The SMILES string of the molecule is Cc1ccc(Oc2ccc(CC(C(=O)O)c3cccs3)cc2)cc1C. The van der Waals surface area contributed by atoms with Crippen molar-refractivity contribution in [3.8, 4) is 11.5 Å². The molecule has 0 spiro atoms. The van der Waals surface area contributed by atoms with Crippen LogP contribution in [0.1, 0.15) is 27.5 Å². The average molecular weight is 352 g/mol. The number of aliphatic carboxylic acids is 1. The number of thiophene rings is 1. The highest BCUT2D eigenvalue weighted by atomic mass is 32.1. The molecule has 0 fully saturated rings. The monoisotopic (exact) mass is 352 g/mol. The molecule has 3 rings (SSSR count). The van der Waals surface area contributed by atoms with E-state index in [9.17, 15) is 9.90 Å². The van der Waals surface area contributed by atoms with Gasteiger partial charge in [0.2, 0.25) is 0 Å². The van der Waals surface area contributed by atoms with Gasteiger partial charge in [0.15, 0.2) is 0 Å². The molecule has 4 heteroatoms. The van der Waals surface area contributed by atoms with Crippen LogP contribution in [0.3, 0.4) is 0 Å². The molecule has 1 atom stereocenters. The molecular formula is C21H20O3S. The van der Waals surface area contributed by atoms with E-state index in [1.165, 1.54) is 22.5 Å². The van der Waals surface area contributed by atoms with E-state index in [2.05, 4.69) is 13.8 Å². The third-order valence-electron chi connectivity index (χ3n) is 4.26. The van der Waals surface area contributed by atoms with Crippen molar-refractivity contribution in [1.82, 2.24) is 0 Å². The Bertz CT molecular complexity index is 851. The number of hydrogen-bond acceptors (Lipinski definition) is 3. The van der Waals surface area contributed by atoms with Gasteiger partial charge in [0.05, 0.1) is 5.92 Å². The summed E-state index contributed by atoms with van der Waals surface area (Å²) in [5, 5.41) is 11.4. The lowest BCUT2D eigenvalue weighted by Crippen LogP contribution is -2.13. The summed E-state index contributed by atoms with van der Waals surface area (Å²) in [4.78, 5) is 12.4. The minimum atomic E-state index is -0.794. The van der Waals surface area contributed by atoms with E-state index in [4.69, 9.17) is 4.74 Å². The number of aryl methyl sites for hydroxylation is 2.